The molecular weight excluding hydrogens is 480 g/mol. The number of hydrogen-bond donors (Lipinski definition) is 0. The van der Waals surface area contributed by atoms with Crippen LogP contribution in [0.5, 0.6) is 5.75 Å². The number of aromatic nitrogens is 2. The minimum absolute atomic E-state index is 0. The third-order valence-electron chi connectivity index (χ3n) is 4.21. The van der Waals surface area contributed by atoms with E-state index in [-0.39, 0.29) is 37.0 Å². The summed E-state index contributed by atoms with van der Waals surface area (Å²) in [5.74, 6) is -0.979. The van der Waals surface area contributed by atoms with Crippen molar-refractivity contribution in [2.75, 3.05) is 13.2 Å². The number of pyridine rings is 1. The number of ether oxygens (including phenoxy) is 2. The second-order valence-corrected chi connectivity index (χ2v) is 7.12. The number of alkyl halides is 3. The van der Waals surface area contributed by atoms with Crippen LogP contribution < -0.4 is 4.74 Å². The lowest BCUT2D eigenvalue weighted by atomic mass is 10.1. The Balaban J connectivity index is 0.00000341. The molecule has 0 amide bonds. The molecule has 0 unspecified atom stereocenters. The van der Waals surface area contributed by atoms with Gasteiger partial charge < -0.3 is 9.47 Å². The summed E-state index contributed by atoms with van der Waals surface area (Å²) < 4.78 is 51.8. The third kappa shape index (κ3) is 5.75. The summed E-state index contributed by atoms with van der Waals surface area (Å²) in [4.78, 5) is 15.8. The van der Waals surface area contributed by atoms with Crippen molar-refractivity contribution in [2.45, 2.75) is 25.9 Å². The normalized spacial score (nSPS) is 11.3. The molecule has 0 aliphatic carbocycles. The smallest absolute Gasteiger partial charge is 0.435 e. The van der Waals surface area contributed by atoms with Gasteiger partial charge in [-0.25, -0.2) is 9.78 Å². The van der Waals surface area contributed by atoms with Gasteiger partial charge in [-0.2, -0.15) is 13.2 Å². The molecule has 11 heteroatoms. The van der Waals surface area contributed by atoms with E-state index in [1.807, 2.05) is 0 Å². The average molecular weight is 498 g/mol. The molecule has 0 aliphatic rings. The molecular formula is C20H18Cl3F3N2O3. The molecule has 5 nitrogen and oxygen atoms in total. The lowest BCUT2D eigenvalue weighted by Gasteiger charge is -2.09. The summed E-state index contributed by atoms with van der Waals surface area (Å²) in [7, 11) is 0. The number of aryl methyl sites for hydroxylation is 1. The van der Waals surface area contributed by atoms with Crippen LogP contribution in [-0.2, 0) is 17.3 Å². The molecule has 0 spiro atoms. The first-order chi connectivity index (χ1) is 14.2. The Hall–Kier alpha value is -2.16. The molecule has 0 fully saturated rings. The molecule has 168 valence electrons. The highest BCUT2D eigenvalue weighted by Gasteiger charge is 2.41. The van der Waals surface area contributed by atoms with E-state index in [2.05, 4.69) is 4.98 Å². The summed E-state index contributed by atoms with van der Waals surface area (Å²) in [6.45, 7) is 1.66. The number of nitrogens with zero attached hydrogens (tertiary/aromatic N) is 2. The fraction of sp³-hybridized carbons (Fsp3) is 0.300. The van der Waals surface area contributed by atoms with Crippen LogP contribution in [0.4, 0.5) is 13.2 Å². The fourth-order valence-electron chi connectivity index (χ4n) is 2.92. The minimum atomic E-state index is -4.82. The van der Waals surface area contributed by atoms with Gasteiger partial charge in [-0.1, -0.05) is 29.3 Å². The van der Waals surface area contributed by atoms with Gasteiger partial charge in [-0.05, 0) is 49.6 Å². The zero-order valence-corrected chi connectivity index (χ0v) is 18.5. The molecule has 31 heavy (non-hydrogen) atoms. The van der Waals surface area contributed by atoms with E-state index in [1.54, 1.807) is 18.2 Å². The van der Waals surface area contributed by atoms with Gasteiger partial charge in [0, 0.05) is 16.2 Å². The Bertz CT molecular complexity index is 1070. The van der Waals surface area contributed by atoms with Crippen molar-refractivity contribution in [1.82, 2.24) is 9.38 Å². The van der Waals surface area contributed by atoms with E-state index in [4.69, 9.17) is 32.7 Å². The maximum Gasteiger partial charge on any atom is 0.435 e. The van der Waals surface area contributed by atoms with Crippen molar-refractivity contribution >= 4 is 47.2 Å². The summed E-state index contributed by atoms with van der Waals surface area (Å²) in [6, 6.07) is 8.14. The molecule has 0 bridgehead atoms. The molecule has 0 radical (unpaired) electrons. The Morgan fingerprint density at radius 2 is 1.97 bits per heavy atom. The van der Waals surface area contributed by atoms with E-state index in [9.17, 15) is 18.0 Å². The van der Waals surface area contributed by atoms with Gasteiger partial charge in [-0.3, -0.25) is 4.40 Å². The van der Waals surface area contributed by atoms with E-state index in [1.165, 1.54) is 25.3 Å². The first-order valence-electron chi connectivity index (χ1n) is 9.04. The molecule has 0 atom stereocenters. The molecule has 0 N–H and O–H groups in total. The Morgan fingerprint density at radius 1 is 1.23 bits per heavy atom. The molecule has 0 saturated carbocycles. The predicted octanol–water partition coefficient (Wildman–Crippen LogP) is 6.27. The fourth-order valence-corrected chi connectivity index (χ4v) is 3.42. The van der Waals surface area contributed by atoms with Crippen LogP contribution in [0.1, 0.15) is 35.1 Å². The van der Waals surface area contributed by atoms with Crippen LogP contribution in [0, 0.1) is 0 Å². The van der Waals surface area contributed by atoms with Crippen LogP contribution in [0.25, 0.3) is 5.65 Å². The van der Waals surface area contributed by atoms with Crippen molar-refractivity contribution in [2.24, 2.45) is 0 Å². The van der Waals surface area contributed by atoms with E-state index in [0.29, 0.717) is 22.9 Å². The topological polar surface area (TPSA) is 52.8 Å². The first kappa shape index (κ1) is 25.1. The largest absolute Gasteiger partial charge is 0.490 e. The van der Waals surface area contributed by atoms with Gasteiger partial charge in [0.1, 0.15) is 0 Å². The highest BCUT2D eigenvalue weighted by atomic mass is 35.5. The third-order valence-corrected chi connectivity index (χ3v) is 4.80. The van der Waals surface area contributed by atoms with Crippen LogP contribution in [-0.4, -0.2) is 28.6 Å². The average Bonchev–Trinajstić information content (AvgIpc) is 3.08. The van der Waals surface area contributed by atoms with Gasteiger partial charge in [0.05, 0.1) is 13.2 Å². The van der Waals surface area contributed by atoms with Crippen molar-refractivity contribution in [3.8, 4) is 5.75 Å². The number of halogens is 6. The number of carbonyl (C=O) groups excluding carboxylic acids is 1. The Morgan fingerprint density at radius 3 is 2.61 bits per heavy atom. The number of imidazole rings is 1. The van der Waals surface area contributed by atoms with Crippen LogP contribution >= 0.6 is 35.6 Å². The summed E-state index contributed by atoms with van der Waals surface area (Å²) in [5, 5.41) is 1.07. The second kappa shape index (κ2) is 10.4. The highest BCUT2D eigenvalue weighted by Crippen LogP contribution is 2.34. The molecule has 3 rings (SSSR count). The predicted molar refractivity (Wildman–Crippen MR) is 114 cm³/mol. The number of esters is 1. The maximum atomic E-state index is 13.4. The second-order valence-electron chi connectivity index (χ2n) is 6.28. The van der Waals surface area contributed by atoms with Crippen LogP contribution in [0.15, 0.2) is 36.5 Å². The zero-order valence-electron chi connectivity index (χ0n) is 16.2. The van der Waals surface area contributed by atoms with Crippen molar-refractivity contribution < 1.29 is 27.4 Å². The lowest BCUT2D eigenvalue weighted by molar-refractivity contribution is -0.141. The molecule has 0 aliphatic heterocycles. The summed E-state index contributed by atoms with van der Waals surface area (Å²) >= 11 is 12.0. The Labute approximate surface area is 192 Å². The highest BCUT2D eigenvalue weighted by molar-refractivity contribution is 6.35. The van der Waals surface area contributed by atoms with Gasteiger partial charge in [0.25, 0.3) is 0 Å². The number of benzene rings is 1. The van der Waals surface area contributed by atoms with Crippen molar-refractivity contribution in [1.29, 1.82) is 0 Å². The van der Waals surface area contributed by atoms with Gasteiger partial charge in [-0.15, -0.1) is 12.4 Å². The van der Waals surface area contributed by atoms with Crippen LogP contribution in [0.3, 0.4) is 0 Å². The number of rotatable bonds is 7. The lowest BCUT2D eigenvalue weighted by Crippen LogP contribution is -2.16. The molecule has 1 aromatic carbocycles. The molecule has 0 saturated heterocycles. The van der Waals surface area contributed by atoms with E-state index in [0.717, 1.165) is 9.96 Å². The summed E-state index contributed by atoms with van der Waals surface area (Å²) in [5.41, 5.74) is -1.23. The van der Waals surface area contributed by atoms with E-state index < -0.39 is 23.5 Å². The molecule has 2 heterocycles. The quantitative estimate of drug-likeness (QED) is 0.285. The van der Waals surface area contributed by atoms with Crippen molar-refractivity contribution in [3.05, 3.63) is 63.5 Å². The molecule has 3 aromatic rings. The van der Waals surface area contributed by atoms with Gasteiger partial charge in [0.15, 0.2) is 22.8 Å². The SMILES string of the molecule is CCOC(=O)c1c(C(F)(F)F)nc2c(OCCCc3ccc(Cl)cc3Cl)cccn12.Cl. The standard InChI is InChI=1S/C20H17Cl2F3N2O3.ClH/c1-2-29-19(28)16-17(20(23,24)25)26-18-15(6-3-9-27(16)18)30-10-4-5-12-7-8-13(21)11-14(12)22;/h3,6-9,11H,2,4-5,10H2,1H3;1H. The monoisotopic (exact) mass is 496 g/mol. The van der Waals surface area contributed by atoms with Crippen molar-refractivity contribution in [3.63, 3.8) is 0 Å². The molecule has 2 aromatic heterocycles. The number of fused-ring (bicyclic) bond motifs is 1. The van der Waals surface area contributed by atoms with E-state index >= 15 is 0 Å². The van der Waals surface area contributed by atoms with Gasteiger partial charge in [0.2, 0.25) is 0 Å². The zero-order chi connectivity index (χ0) is 21.9. The number of hydrogen-bond acceptors (Lipinski definition) is 4. The maximum absolute atomic E-state index is 13.4. The van der Waals surface area contributed by atoms with Gasteiger partial charge >= 0.3 is 12.1 Å². The van der Waals surface area contributed by atoms with Crippen LogP contribution in [0.2, 0.25) is 10.0 Å². The first-order valence-corrected chi connectivity index (χ1v) is 9.80. The minimum Gasteiger partial charge on any atom is -0.490 e. The summed E-state index contributed by atoms with van der Waals surface area (Å²) in [6.07, 6.45) is -2.36. The number of carbonyl (C=O) groups is 1. The Kier molecular flexibility index (Phi) is 8.45.